The zero-order valence-corrected chi connectivity index (χ0v) is 10.4. The van der Waals surface area contributed by atoms with Gasteiger partial charge in [-0.25, -0.2) is 0 Å². The van der Waals surface area contributed by atoms with Gasteiger partial charge in [-0.15, -0.1) is 0 Å². The number of rotatable bonds is 2. The summed E-state index contributed by atoms with van der Waals surface area (Å²) in [5.41, 5.74) is 20.7. The highest BCUT2D eigenvalue weighted by Crippen LogP contribution is 2.27. The summed E-state index contributed by atoms with van der Waals surface area (Å²) >= 11 is 0. The van der Waals surface area contributed by atoms with E-state index in [2.05, 4.69) is 15.3 Å². The van der Waals surface area contributed by atoms with Crippen LogP contribution in [0.2, 0.25) is 0 Å². The minimum Gasteiger partial charge on any atom is -0.382 e. The molecule has 0 aliphatic rings. The van der Waals surface area contributed by atoms with Crippen LogP contribution in [0.15, 0.2) is 18.2 Å². The van der Waals surface area contributed by atoms with Crippen LogP contribution in [0.1, 0.15) is 11.1 Å². The van der Waals surface area contributed by atoms with Crippen LogP contribution in [0, 0.1) is 13.8 Å². The molecule has 0 saturated heterocycles. The van der Waals surface area contributed by atoms with Crippen LogP contribution in [0.3, 0.4) is 0 Å². The summed E-state index contributed by atoms with van der Waals surface area (Å²) in [7, 11) is 0. The van der Waals surface area contributed by atoms with Gasteiger partial charge >= 0.3 is 0 Å². The smallest absolute Gasteiger partial charge is 0.224 e. The zero-order chi connectivity index (χ0) is 13.3. The quantitative estimate of drug-likeness (QED) is 0.637. The van der Waals surface area contributed by atoms with Crippen LogP contribution in [0.4, 0.5) is 29.0 Å². The van der Waals surface area contributed by atoms with Crippen molar-refractivity contribution in [3.8, 4) is 0 Å². The molecule has 18 heavy (non-hydrogen) atoms. The van der Waals surface area contributed by atoms with E-state index in [-0.39, 0.29) is 17.6 Å². The summed E-state index contributed by atoms with van der Waals surface area (Å²) < 4.78 is 0. The molecule has 0 bridgehead atoms. The first-order chi connectivity index (χ1) is 8.47. The Kier molecular flexibility index (Phi) is 2.93. The van der Waals surface area contributed by atoms with Gasteiger partial charge in [0.05, 0.1) is 0 Å². The molecule has 94 valence electrons. The normalized spacial score (nSPS) is 10.3. The Morgan fingerprint density at radius 1 is 0.944 bits per heavy atom. The van der Waals surface area contributed by atoms with Crippen LogP contribution in [0.25, 0.3) is 0 Å². The second-order valence-electron chi connectivity index (χ2n) is 4.15. The maximum atomic E-state index is 5.76. The number of nitrogens with one attached hydrogen (secondary N) is 1. The van der Waals surface area contributed by atoms with Gasteiger partial charge in [-0.3, -0.25) is 0 Å². The van der Waals surface area contributed by atoms with Crippen LogP contribution < -0.4 is 22.5 Å². The molecule has 2 aromatic rings. The lowest BCUT2D eigenvalue weighted by Gasteiger charge is -2.12. The van der Waals surface area contributed by atoms with Crippen molar-refractivity contribution in [2.45, 2.75) is 13.8 Å². The number of nitrogen functional groups attached to an aromatic ring is 3. The molecular weight excluding hydrogens is 228 g/mol. The molecule has 2 rings (SSSR count). The third-order valence-electron chi connectivity index (χ3n) is 2.76. The van der Waals surface area contributed by atoms with Crippen molar-refractivity contribution in [3.63, 3.8) is 0 Å². The molecule has 0 atom stereocenters. The molecule has 0 radical (unpaired) electrons. The van der Waals surface area contributed by atoms with Gasteiger partial charge < -0.3 is 22.5 Å². The van der Waals surface area contributed by atoms with Crippen molar-refractivity contribution in [2.24, 2.45) is 0 Å². The lowest BCUT2D eigenvalue weighted by Crippen LogP contribution is -2.08. The second kappa shape index (κ2) is 4.40. The number of aromatic nitrogens is 2. The predicted octanol–water partition coefficient (Wildman–Crippen LogP) is 1.58. The van der Waals surface area contributed by atoms with Crippen molar-refractivity contribution in [1.82, 2.24) is 9.97 Å². The Labute approximate surface area is 105 Å². The predicted molar refractivity (Wildman–Crippen MR) is 74.5 cm³/mol. The Hall–Kier alpha value is -2.50. The third kappa shape index (κ3) is 2.27. The third-order valence-corrected chi connectivity index (χ3v) is 2.76. The number of benzene rings is 1. The Balaban J connectivity index is 2.37. The van der Waals surface area contributed by atoms with E-state index >= 15 is 0 Å². The van der Waals surface area contributed by atoms with Gasteiger partial charge in [0.1, 0.15) is 5.69 Å². The van der Waals surface area contributed by atoms with Gasteiger partial charge in [-0.05, 0) is 37.1 Å². The molecule has 6 nitrogen and oxygen atoms in total. The van der Waals surface area contributed by atoms with Gasteiger partial charge in [0.2, 0.25) is 5.95 Å². The second-order valence-corrected chi connectivity index (χ2v) is 4.15. The highest BCUT2D eigenvalue weighted by Gasteiger charge is 2.09. The molecule has 1 aromatic carbocycles. The molecule has 0 amide bonds. The van der Waals surface area contributed by atoms with Gasteiger partial charge in [0, 0.05) is 5.69 Å². The summed E-state index contributed by atoms with van der Waals surface area (Å²) in [5, 5.41) is 3.11. The molecule has 0 fully saturated rings. The fraction of sp³-hybridized carbons (Fsp3) is 0.167. The zero-order valence-electron chi connectivity index (χ0n) is 10.4. The Morgan fingerprint density at radius 2 is 1.56 bits per heavy atom. The Morgan fingerprint density at radius 3 is 2.11 bits per heavy atom. The average Bonchev–Trinajstić information content (AvgIpc) is 2.28. The molecule has 0 saturated carbocycles. The largest absolute Gasteiger partial charge is 0.382 e. The van der Waals surface area contributed by atoms with Crippen LogP contribution >= 0.6 is 0 Å². The minimum atomic E-state index is 0.0654. The minimum absolute atomic E-state index is 0.0654. The lowest BCUT2D eigenvalue weighted by atomic mass is 10.1. The fourth-order valence-corrected chi connectivity index (χ4v) is 1.61. The topological polar surface area (TPSA) is 116 Å². The van der Waals surface area contributed by atoms with E-state index in [1.807, 2.05) is 32.0 Å². The SMILES string of the molecule is Cc1ccc(Nc2c(N)nc(N)nc2N)cc1C. The fourth-order valence-electron chi connectivity index (χ4n) is 1.61. The molecule has 0 unspecified atom stereocenters. The van der Waals surface area contributed by atoms with Crippen LogP contribution in [0.5, 0.6) is 0 Å². The number of hydrogen-bond donors (Lipinski definition) is 4. The standard InChI is InChI=1S/C12H16N6/c1-6-3-4-8(5-7(6)2)16-9-10(13)17-12(15)18-11(9)14/h3-5,16H,1-2H3,(H6,13,14,15,17,18). The van der Waals surface area contributed by atoms with Crippen LogP contribution in [-0.2, 0) is 0 Å². The number of hydrogen-bond acceptors (Lipinski definition) is 6. The van der Waals surface area contributed by atoms with Crippen molar-refractivity contribution >= 4 is 29.0 Å². The van der Waals surface area contributed by atoms with E-state index in [4.69, 9.17) is 17.2 Å². The lowest BCUT2D eigenvalue weighted by molar-refractivity contribution is 1.20. The highest BCUT2D eigenvalue weighted by molar-refractivity contribution is 5.80. The van der Waals surface area contributed by atoms with Gasteiger partial charge in [-0.2, -0.15) is 9.97 Å². The summed E-state index contributed by atoms with van der Waals surface area (Å²) in [5.74, 6) is 0.534. The van der Waals surface area contributed by atoms with E-state index in [9.17, 15) is 0 Å². The van der Waals surface area contributed by atoms with Gasteiger partial charge in [0.25, 0.3) is 0 Å². The maximum Gasteiger partial charge on any atom is 0.224 e. The van der Waals surface area contributed by atoms with Crippen LogP contribution in [-0.4, -0.2) is 9.97 Å². The number of nitrogens with zero attached hydrogens (tertiary/aromatic N) is 2. The van der Waals surface area contributed by atoms with E-state index in [0.29, 0.717) is 5.69 Å². The molecule has 1 aromatic heterocycles. The molecule has 0 spiro atoms. The summed E-state index contributed by atoms with van der Waals surface area (Å²) in [6.07, 6.45) is 0. The highest BCUT2D eigenvalue weighted by atomic mass is 15.1. The Bertz CT molecular complexity index is 570. The first-order valence-electron chi connectivity index (χ1n) is 5.50. The van der Waals surface area contributed by atoms with Crippen molar-refractivity contribution in [3.05, 3.63) is 29.3 Å². The monoisotopic (exact) mass is 244 g/mol. The number of nitrogens with two attached hydrogens (primary N) is 3. The van der Waals surface area contributed by atoms with E-state index in [1.54, 1.807) is 0 Å². The van der Waals surface area contributed by atoms with Gasteiger partial charge in [-0.1, -0.05) is 6.07 Å². The molecular formula is C12H16N6. The van der Waals surface area contributed by atoms with E-state index < -0.39 is 0 Å². The molecule has 7 N–H and O–H groups in total. The van der Waals surface area contributed by atoms with Gasteiger partial charge in [0.15, 0.2) is 11.6 Å². The molecule has 0 aliphatic carbocycles. The van der Waals surface area contributed by atoms with Crippen molar-refractivity contribution in [1.29, 1.82) is 0 Å². The summed E-state index contributed by atoms with van der Waals surface area (Å²) in [6.45, 7) is 4.08. The van der Waals surface area contributed by atoms with E-state index in [1.165, 1.54) is 11.1 Å². The first-order valence-corrected chi connectivity index (χ1v) is 5.50. The molecule has 0 aliphatic heterocycles. The number of aryl methyl sites for hydroxylation is 2. The first kappa shape index (κ1) is 12.0. The maximum absolute atomic E-state index is 5.76. The molecule has 1 heterocycles. The van der Waals surface area contributed by atoms with E-state index in [0.717, 1.165) is 5.69 Å². The summed E-state index contributed by atoms with van der Waals surface area (Å²) in [4.78, 5) is 7.74. The molecule has 6 heteroatoms. The average molecular weight is 244 g/mol. The van der Waals surface area contributed by atoms with Crippen molar-refractivity contribution in [2.75, 3.05) is 22.5 Å². The van der Waals surface area contributed by atoms with Crippen molar-refractivity contribution < 1.29 is 0 Å². The summed E-state index contributed by atoms with van der Waals surface area (Å²) in [6, 6.07) is 5.96. The number of anilines is 5.